The van der Waals surface area contributed by atoms with E-state index in [0.717, 1.165) is 17.0 Å². The van der Waals surface area contributed by atoms with Crippen molar-refractivity contribution in [3.8, 4) is 11.4 Å². The van der Waals surface area contributed by atoms with E-state index in [-0.39, 0.29) is 28.6 Å². The van der Waals surface area contributed by atoms with Crippen molar-refractivity contribution in [2.75, 3.05) is 0 Å². The quantitative estimate of drug-likeness (QED) is 0.590. The number of hydrogen-bond donors (Lipinski definition) is 1. The van der Waals surface area contributed by atoms with Crippen LogP contribution in [0.15, 0.2) is 26.4 Å². The van der Waals surface area contributed by atoms with Gasteiger partial charge in [-0.3, -0.25) is 9.89 Å². The lowest BCUT2D eigenvalue weighted by atomic mass is 10.00. The molecule has 0 aliphatic carbocycles. The second-order valence-corrected chi connectivity index (χ2v) is 5.86. The number of nitrogens with one attached hydrogen (secondary N) is 1. The van der Waals surface area contributed by atoms with E-state index in [1.807, 2.05) is 20.8 Å². The van der Waals surface area contributed by atoms with E-state index in [2.05, 4.69) is 30.4 Å². The van der Waals surface area contributed by atoms with Gasteiger partial charge in [-0.1, -0.05) is 17.2 Å². The maximum absolute atomic E-state index is 12.4. The van der Waals surface area contributed by atoms with Crippen molar-refractivity contribution in [1.29, 1.82) is 0 Å². The minimum atomic E-state index is -0.340. The number of H-pyrrole nitrogens is 1. The summed E-state index contributed by atoms with van der Waals surface area (Å²) in [4.78, 5) is 24.8. The summed E-state index contributed by atoms with van der Waals surface area (Å²) in [6.07, 6.45) is 3.44. The highest BCUT2D eigenvalue weighted by Crippen LogP contribution is 2.24. The average Bonchev–Trinajstić information content (AvgIpc) is 3.31. The number of rotatable bonds is 4. The molecular weight excluding hydrogens is 326 g/mol. The van der Waals surface area contributed by atoms with Crippen LogP contribution in [0.1, 0.15) is 35.7 Å². The molecule has 1 N–H and O–H groups in total. The predicted octanol–water partition coefficient (Wildman–Crippen LogP) is 1.42. The summed E-state index contributed by atoms with van der Waals surface area (Å²) in [5.74, 6) is 1.64. The van der Waals surface area contributed by atoms with Crippen LogP contribution >= 0.6 is 0 Å². The van der Waals surface area contributed by atoms with Crippen LogP contribution in [0.5, 0.6) is 0 Å². The van der Waals surface area contributed by atoms with Gasteiger partial charge >= 0.3 is 0 Å². The minimum Gasteiger partial charge on any atom is -0.361 e. The molecule has 0 aromatic carbocycles. The Labute approximate surface area is 140 Å². The van der Waals surface area contributed by atoms with Gasteiger partial charge in [0.15, 0.2) is 0 Å². The highest BCUT2D eigenvalue weighted by Gasteiger charge is 2.21. The second-order valence-electron chi connectivity index (χ2n) is 5.86. The first kappa shape index (κ1) is 15.2. The Kier molecular flexibility index (Phi) is 3.45. The molecule has 0 bridgehead atoms. The number of aryl methyl sites for hydroxylation is 2. The molecule has 128 valence electrons. The fraction of sp³-hybridized carbons (Fsp3) is 0.333. The van der Waals surface area contributed by atoms with E-state index in [1.54, 1.807) is 0 Å². The standard InChI is InChI=1S/C15H15N7O3/c1-7(4-10-8(2)20-24-9(10)3)13-19-12(21-25-13)11-5-16-15-17-6-18-22(15)14(11)23/h5-7H,4H2,1-3H3,(H,16,17,18). The van der Waals surface area contributed by atoms with E-state index in [1.165, 1.54) is 17.0 Å². The first-order valence-electron chi connectivity index (χ1n) is 7.71. The lowest BCUT2D eigenvalue weighted by molar-refractivity contribution is 0.357. The summed E-state index contributed by atoms with van der Waals surface area (Å²) in [5.41, 5.74) is 1.76. The molecule has 0 saturated heterocycles. The first-order valence-corrected chi connectivity index (χ1v) is 7.71. The van der Waals surface area contributed by atoms with Crippen LogP contribution in [0.4, 0.5) is 0 Å². The number of fused-ring (bicyclic) bond motifs is 1. The third-order valence-electron chi connectivity index (χ3n) is 4.11. The maximum atomic E-state index is 12.4. The van der Waals surface area contributed by atoms with Gasteiger partial charge in [0.25, 0.3) is 11.3 Å². The molecule has 4 heterocycles. The van der Waals surface area contributed by atoms with E-state index in [0.29, 0.717) is 12.3 Å². The summed E-state index contributed by atoms with van der Waals surface area (Å²) >= 11 is 0. The summed E-state index contributed by atoms with van der Waals surface area (Å²) in [5, 5.41) is 10.6. The molecule has 0 fully saturated rings. The van der Waals surface area contributed by atoms with Crippen molar-refractivity contribution in [3.05, 3.63) is 45.8 Å². The molecule has 4 aromatic heterocycles. The van der Waals surface area contributed by atoms with Crippen molar-refractivity contribution >= 4 is 5.78 Å². The Bertz CT molecular complexity index is 1080. The average molecular weight is 341 g/mol. The molecule has 10 nitrogen and oxygen atoms in total. The van der Waals surface area contributed by atoms with Crippen LogP contribution in [-0.2, 0) is 6.42 Å². The van der Waals surface area contributed by atoms with Crippen molar-refractivity contribution in [1.82, 2.24) is 34.9 Å². The topological polar surface area (TPSA) is 128 Å². The van der Waals surface area contributed by atoms with Crippen LogP contribution < -0.4 is 5.56 Å². The molecule has 0 aliphatic rings. The van der Waals surface area contributed by atoms with Gasteiger partial charge < -0.3 is 9.05 Å². The molecule has 10 heteroatoms. The lowest BCUT2D eigenvalue weighted by Gasteiger charge is -2.05. The Hall–Kier alpha value is -3.30. The molecular formula is C15H15N7O3. The van der Waals surface area contributed by atoms with Crippen LogP contribution in [0.2, 0.25) is 0 Å². The highest BCUT2D eigenvalue weighted by molar-refractivity contribution is 5.52. The first-order chi connectivity index (χ1) is 12.0. The summed E-state index contributed by atoms with van der Waals surface area (Å²) in [6.45, 7) is 5.73. The zero-order chi connectivity index (χ0) is 17.6. The van der Waals surface area contributed by atoms with Crippen molar-refractivity contribution in [2.45, 2.75) is 33.1 Å². The normalized spacial score (nSPS) is 12.8. The number of nitrogens with zero attached hydrogens (tertiary/aromatic N) is 6. The Morgan fingerprint density at radius 3 is 2.84 bits per heavy atom. The lowest BCUT2D eigenvalue weighted by Crippen LogP contribution is -2.17. The largest absolute Gasteiger partial charge is 0.361 e. The Balaban J connectivity index is 1.65. The van der Waals surface area contributed by atoms with Crippen LogP contribution in [0.3, 0.4) is 0 Å². The third kappa shape index (κ3) is 2.51. The van der Waals surface area contributed by atoms with E-state index in [4.69, 9.17) is 9.05 Å². The monoisotopic (exact) mass is 341 g/mol. The fourth-order valence-electron chi connectivity index (χ4n) is 2.68. The highest BCUT2D eigenvalue weighted by atomic mass is 16.5. The van der Waals surface area contributed by atoms with Gasteiger partial charge in [0.05, 0.1) is 5.69 Å². The SMILES string of the molecule is Cc1noc(C)c1CC(C)c1nc(-c2cnc3nc[nH]n3c2=O)no1. The van der Waals surface area contributed by atoms with Gasteiger partial charge in [-0.2, -0.15) is 9.50 Å². The minimum absolute atomic E-state index is 0.0513. The predicted molar refractivity (Wildman–Crippen MR) is 85.0 cm³/mol. The Morgan fingerprint density at radius 1 is 1.24 bits per heavy atom. The van der Waals surface area contributed by atoms with Crippen molar-refractivity contribution in [3.63, 3.8) is 0 Å². The molecule has 1 atom stereocenters. The summed E-state index contributed by atoms with van der Waals surface area (Å²) in [7, 11) is 0. The molecule has 0 amide bonds. The van der Waals surface area contributed by atoms with Gasteiger partial charge in [0.2, 0.25) is 11.7 Å². The zero-order valence-corrected chi connectivity index (χ0v) is 13.8. The molecule has 0 aliphatic heterocycles. The molecule has 4 aromatic rings. The van der Waals surface area contributed by atoms with E-state index in [9.17, 15) is 4.79 Å². The van der Waals surface area contributed by atoms with Gasteiger partial charge in [0.1, 0.15) is 17.7 Å². The fourth-order valence-corrected chi connectivity index (χ4v) is 2.68. The summed E-state index contributed by atoms with van der Waals surface area (Å²) < 4.78 is 11.7. The Morgan fingerprint density at radius 2 is 2.08 bits per heavy atom. The molecule has 1 unspecified atom stereocenters. The van der Waals surface area contributed by atoms with Crippen molar-refractivity contribution < 1.29 is 9.05 Å². The summed E-state index contributed by atoms with van der Waals surface area (Å²) in [6, 6.07) is 0. The second kappa shape index (κ2) is 5.65. The number of aromatic nitrogens is 7. The van der Waals surface area contributed by atoms with Crippen LogP contribution in [0, 0.1) is 13.8 Å². The van der Waals surface area contributed by atoms with Crippen LogP contribution in [-0.4, -0.2) is 34.9 Å². The van der Waals surface area contributed by atoms with Gasteiger partial charge in [0, 0.05) is 17.7 Å². The molecule has 0 radical (unpaired) electrons. The third-order valence-corrected chi connectivity index (χ3v) is 4.11. The smallest absolute Gasteiger partial charge is 0.285 e. The maximum Gasteiger partial charge on any atom is 0.285 e. The van der Waals surface area contributed by atoms with E-state index < -0.39 is 0 Å². The number of aromatic amines is 1. The molecule has 4 rings (SSSR count). The van der Waals surface area contributed by atoms with Crippen LogP contribution in [0.25, 0.3) is 17.2 Å². The molecule has 25 heavy (non-hydrogen) atoms. The van der Waals surface area contributed by atoms with Crippen molar-refractivity contribution in [2.24, 2.45) is 0 Å². The van der Waals surface area contributed by atoms with E-state index >= 15 is 0 Å². The number of hydrogen-bond acceptors (Lipinski definition) is 8. The van der Waals surface area contributed by atoms with Gasteiger partial charge in [-0.25, -0.2) is 9.97 Å². The zero-order valence-electron chi connectivity index (χ0n) is 13.8. The van der Waals surface area contributed by atoms with Gasteiger partial charge in [-0.05, 0) is 20.3 Å². The molecule has 0 saturated carbocycles. The van der Waals surface area contributed by atoms with Gasteiger partial charge in [-0.15, -0.1) is 0 Å². The molecule has 0 spiro atoms.